The zero-order valence-corrected chi connectivity index (χ0v) is 12.5. The van der Waals surface area contributed by atoms with E-state index >= 15 is 0 Å². The molecule has 20 heavy (non-hydrogen) atoms. The van der Waals surface area contributed by atoms with Gasteiger partial charge >= 0.3 is 0 Å². The fourth-order valence-corrected chi connectivity index (χ4v) is 2.51. The number of hydrogen-bond donors (Lipinski definition) is 2. The number of rotatable bonds is 4. The summed E-state index contributed by atoms with van der Waals surface area (Å²) in [5.41, 5.74) is 7.79. The van der Waals surface area contributed by atoms with Crippen LogP contribution in [-0.2, 0) is 0 Å². The Bertz CT molecular complexity index is 623. The number of thiazole rings is 1. The Morgan fingerprint density at radius 3 is 2.80 bits per heavy atom. The van der Waals surface area contributed by atoms with E-state index in [1.165, 1.54) is 11.3 Å². The number of methoxy groups -OCH3 is 1. The van der Waals surface area contributed by atoms with E-state index in [9.17, 15) is 4.79 Å². The van der Waals surface area contributed by atoms with Crippen LogP contribution in [0, 0.1) is 6.92 Å². The van der Waals surface area contributed by atoms with E-state index in [0.29, 0.717) is 11.4 Å². The van der Waals surface area contributed by atoms with Crippen LogP contribution in [0.25, 0.3) is 0 Å². The van der Waals surface area contributed by atoms with Gasteiger partial charge in [-0.2, -0.15) is 0 Å². The molecule has 0 saturated heterocycles. The van der Waals surface area contributed by atoms with Crippen molar-refractivity contribution in [3.05, 3.63) is 39.8 Å². The first-order chi connectivity index (χ1) is 9.51. The second-order valence-electron chi connectivity index (χ2n) is 4.50. The van der Waals surface area contributed by atoms with Crippen LogP contribution in [0.4, 0.5) is 5.69 Å². The monoisotopic (exact) mass is 291 g/mol. The minimum atomic E-state index is -0.238. The van der Waals surface area contributed by atoms with Crippen molar-refractivity contribution in [3.8, 4) is 5.75 Å². The summed E-state index contributed by atoms with van der Waals surface area (Å²) in [6.07, 6.45) is 0. The number of anilines is 1. The molecule has 0 saturated carbocycles. The van der Waals surface area contributed by atoms with Crippen LogP contribution in [0.1, 0.15) is 34.0 Å². The number of benzene rings is 1. The molecule has 0 spiro atoms. The molecule has 1 aromatic heterocycles. The Kier molecular flexibility index (Phi) is 4.36. The van der Waals surface area contributed by atoms with Gasteiger partial charge in [0.25, 0.3) is 5.91 Å². The number of hydrogen-bond acceptors (Lipinski definition) is 5. The van der Waals surface area contributed by atoms with Crippen molar-refractivity contribution < 1.29 is 9.53 Å². The molecular weight excluding hydrogens is 274 g/mol. The molecule has 0 fully saturated rings. The summed E-state index contributed by atoms with van der Waals surface area (Å²) in [7, 11) is 1.62. The van der Waals surface area contributed by atoms with Crippen LogP contribution in [0.15, 0.2) is 23.6 Å². The van der Waals surface area contributed by atoms with Crippen LogP contribution >= 0.6 is 11.3 Å². The quantitative estimate of drug-likeness (QED) is 0.908. The number of aryl methyl sites for hydroxylation is 1. The largest absolute Gasteiger partial charge is 0.496 e. The Hall–Kier alpha value is -1.92. The fourth-order valence-electron chi connectivity index (χ4n) is 1.75. The normalized spacial score (nSPS) is 12.0. The summed E-state index contributed by atoms with van der Waals surface area (Å²) < 4.78 is 5.18. The second-order valence-corrected chi connectivity index (χ2v) is 5.39. The number of nitrogens with zero attached hydrogens (tertiary/aromatic N) is 1. The van der Waals surface area contributed by atoms with Crippen molar-refractivity contribution in [1.29, 1.82) is 0 Å². The molecule has 0 aliphatic heterocycles. The predicted molar refractivity (Wildman–Crippen MR) is 80.4 cm³/mol. The van der Waals surface area contributed by atoms with Gasteiger partial charge in [-0.3, -0.25) is 4.79 Å². The van der Waals surface area contributed by atoms with E-state index in [-0.39, 0.29) is 11.9 Å². The fraction of sp³-hybridized carbons (Fsp3) is 0.286. The van der Waals surface area contributed by atoms with Crippen LogP contribution in [0.5, 0.6) is 5.75 Å². The molecule has 2 aromatic rings. The molecule has 2 rings (SSSR count). The minimum absolute atomic E-state index is 0.162. The molecule has 1 aromatic carbocycles. The van der Waals surface area contributed by atoms with E-state index in [2.05, 4.69) is 10.3 Å². The molecule has 6 heteroatoms. The van der Waals surface area contributed by atoms with Crippen LogP contribution in [-0.4, -0.2) is 18.0 Å². The number of carbonyl (C=O) groups excluding carboxylic acids is 1. The van der Waals surface area contributed by atoms with E-state index in [1.807, 2.05) is 26.0 Å². The minimum Gasteiger partial charge on any atom is -0.496 e. The topological polar surface area (TPSA) is 77.2 Å². The molecule has 0 bridgehead atoms. The lowest BCUT2D eigenvalue weighted by Gasteiger charge is -2.08. The highest BCUT2D eigenvalue weighted by Crippen LogP contribution is 2.22. The highest BCUT2D eigenvalue weighted by atomic mass is 32.1. The first-order valence-corrected chi connectivity index (χ1v) is 7.06. The van der Waals surface area contributed by atoms with Gasteiger partial charge in [0.05, 0.1) is 13.2 Å². The van der Waals surface area contributed by atoms with E-state index < -0.39 is 0 Å². The third-order valence-electron chi connectivity index (χ3n) is 2.80. The first kappa shape index (κ1) is 14.5. The lowest BCUT2D eigenvalue weighted by atomic mass is 10.2. The summed E-state index contributed by atoms with van der Waals surface area (Å²) in [4.78, 5) is 16.3. The van der Waals surface area contributed by atoms with Gasteiger partial charge in [0.2, 0.25) is 0 Å². The number of nitrogens with one attached hydrogen (secondary N) is 1. The van der Waals surface area contributed by atoms with Crippen LogP contribution in [0.2, 0.25) is 0 Å². The molecule has 3 N–H and O–H groups in total. The third kappa shape index (κ3) is 3.15. The van der Waals surface area contributed by atoms with E-state index in [1.54, 1.807) is 18.6 Å². The molecule has 1 atom stereocenters. The van der Waals surface area contributed by atoms with Gasteiger partial charge in [0, 0.05) is 11.1 Å². The summed E-state index contributed by atoms with van der Waals surface area (Å²) in [5.74, 6) is 0.550. The Balaban J connectivity index is 2.12. The number of nitrogens with two attached hydrogens (primary N) is 1. The summed E-state index contributed by atoms with van der Waals surface area (Å²) in [6, 6.07) is 5.31. The Labute approximate surface area is 121 Å². The zero-order chi connectivity index (χ0) is 14.7. The van der Waals surface area contributed by atoms with Gasteiger partial charge < -0.3 is 15.8 Å². The average molecular weight is 291 g/mol. The highest BCUT2D eigenvalue weighted by Gasteiger charge is 2.13. The van der Waals surface area contributed by atoms with Crippen molar-refractivity contribution in [1.82, 2.24) is 4.98 Å². The molecule has 0 aliphatic carbocycles. The van der Waals surface area contributed by atoms with Crippen molar-refractivity contribution in [3.63, 3.8) is 0 Å². The summed E-state index contributed by atoms with van der Waals surface area (Å²) in [5, 5.41) is 5.28. The maximum absolute atomic E-state index is 12.1. The Morgan fingerprint density at radius 2 is 2.25 bits per heavy atom. The lowest BCUT2D eigenvalue weighted by molar-refractivity contribution is 0.102. The smallest absolute Gasteiger partial charge is 0.275 e. The van der Waals surface area contributed by atoms with Gasteiger partial charge in [0.1, 0.15) is 16.5 Å². The molecule has 0 aliphatic rings. The van der Waals surface area contributed by atoms with E-state index in [0.717, 1.165) is 16.3 Å². The molecule has 1 amide bonds. The first-order valence-electron chi connectivity index (χ1n) is 6.18. The summed E-state index contributed by atoms with van der Waals surface area (Å²) in [6.45, 7) is 3.76. The molecule has 5 nitrogen and oxygen atoms in total. The van der Waals surface area contributed by atoms with Gasteiger partial charge in [-0.05, 0) is 37.6 Å². The second kappa shape index (κ2) is 6.02. The molecule has 1 unspecified atom stereocenters. The maximum atomic E-state index is 12.1. The summed E-state index contributed by atoms with van der Waals surface area (Å²) >= 11 is 1.39. The Morgan fingerprint density at radius 1 is 1.50 bits per heavy atom. The number of carbonyl (C=O) groups is 1. The van der Waals surface area contributed by atoms with Crippen LogP contribution in [0.3, 0.4) is 0 Å². The third-order valence-corrected chi connectivity index (χ3v) is 3.84. The average Bonchev–Trinajstić information content (AvgIpc) is 2.88. The zero-order valence-electron chi connectivity index (χ0n) is 11.6. The molecule has 1 heterocycles. The van der Waals surface area contributed by atoms with Gasteiger partial charge in [-0.1, -0.05) is 0 Å². The predicted octanol–water partition coefficient (Wildman–Crippen LogP) is 2.73. The molecule has 0 radical (unpaired) electrons. The van der Waals surface area contributed by atoms with Crippen molar-refractivity contribution in [2.45, 2.75) is 19.9 Å². The van der Waals surface area contributed by atoms with Gasteiger partial charge in [0.15, 0.2) is 0 Å². The van der Waals surface area contributed by atoms with Crippen molar-refractivity contribution in [2.24, 2.45) is 5.73 Å². The SMILES string of the molecule is COc1ccc(NC(=O)c2csc(C(C)N)n2)cc1C. The number of ether oxygens (including phenoxy) is 1. The maximum Gasteiger partial charge on any atom is 0.275 e. The molecular formula is C14H17N3O2S. The standard InChI is InChI=1S/C14H17N3O2S/c1-8-6-10(4-5-12(8)19-3)16-13(18)11-7-20-14(17-11)9(2)15/h4-7,9H,15H2,1-3H3,(H,16,18). The van der Waals surface area contributed by atoms with Gasteiger partial charge in [-0.25, -0.2) is 4.98 Å². The van der Waals surface area contributed by atoms with Crippen LogP contribution < -0.4 is 15.8 Å². The number of aromatic nitrogens is 1. The van der Waals surface area contributed by atoms with E-state index in [4.69, 9.17) is 10.5 Å². The highest BCUT2D eigenvalue weighted by molar-refractivity contribution is 7.09. The molecule has 106 valence electrons. The van der Waals surface area contributed by atoms with Gasteiger partial charge in [-0.15, -0.1) is 11.3 Å². The van der Waals surface area contributed by atoms with Crippen molar-refractivity contribution >= 4 is 22.9 Å². The number of amides is 1. The lowest BCUT2D eigenvalue weighted by Crippen LogP contribution is -2.13. The van der Waals surface area contributed by atoms with Crippen molar-refractivity contribution in [2.75, 3.05) is 12.4 Å².